The van der Waals surface area contributed by atoms with Gasteiger partial charge in [-0.2, -0.15) is 0 Å². The van der Waals surface area contributed by atoms with Gasteiger partial charge in [-0.15, -0.1) is 0 Å². The first-order valence-corrected chi connectivity index (χ1v) is 8.74. The minimum Gasteiger partial charge on any atom is -0.460 e. The Morgan fingerprint density at radius 1 is 1.12 bits per heavy atom. The van der Waals surface area contributed by atoms with Gasteiger partial charge in [-0.3, -0.25) is 4.79 Å². The summed E-state index contributed by atoms with van der Waals surface area (Å²) in [4.78, 5) is 12.7. The standard InChI is InChI=1S/C21H20N2O2S/c1-15-19(20(24)25-14-17-10-6-3-7-11-17)18(23-21(26)22-15)13-12-16-8-4-2-5-9-16/h2-13,18-19H,1,14H2,(H2,22,23,26)/t18-,19-/m0/s1. The monoisotopic (exact) mass is 364 g/mol. The van der Waals surface area contributed by atoms with Crippen molar-refractivity contribution in [1.29, 1.82) is 0 Å². The van der Waals surface area contributed by atoms with Crippen molar-refractivity contribution in [3.8, 4) is 0 Å². The summed E-state index contributed by atoms with van der Waals surface area (Å²) >= 11 is 5.20. The van der Waals surface area contributed by atoms with Gasteiger partial charge in [0.25, 0.3) is 0 Å². The summed E-state index contributed by atoms with van der Waals surface area (Å²) in [5, 5.41) is 6.49. The van der Waals surface area contributed by atoms with Gasteiger partial charge >= 0.3 is 5.97 Å². The van der Waals surface area contributed by atoms with Crippen molar-refractivity contribution in [2.24, 2.45) is 5.92 Å². The predicted molar refractivity (Wildman–Crippen MR) is 107 cm³/mol. The zero-order valence-corrected chi connectivity index (χ0v) is 15.0. The van der Waals surface area contributed by atoms with Crippen LogP contribution in [0, 0.1) is 5.92 Å². The van der Waals surface area contributed by atoms with Crippen LogP contribution in [-0.2, 0) is 16.1 Å². The van der Waals surface area contributed by atoms with Crippen molar-refractivity contribution < 1.29 is 9.53 Å². The second-order valence-corrected chi connectivity index (χ2v) is 6.40. The third-order valence-electron chi connectivity index (χ3n) is 4.08. The number of hydrogen-bond donors (Lipinski definition) is 2. The van der Waals surface area contributed by atoms with E-state index in [1.807, 2.05) is 72.8 Å². The Morgan fingerprint density at radius 3 is 2.46 bits per heavy atom. The normalized spacial score (nSPS) is 19.7. The SMILES string of the molecule is C=C1NC(=S)N[C@@H](C=Cc2ccccc2)[C@H]1C(=O)OCc1ccccc1. The third-order valence-corrected chi connectivity index (χ3v) is 4.30. The molecule has 1 aliphatic heterocycles. The van der Waals surface area contributed by atoms with Crippen molar-refractivity contribution in [2.45, 2.75) is 12.6 Å². The molecule has 0 bridgehead atoms. The number of hydrogen-bond acceptors (Lipinski definition) is 3. The number of ether oxygens (including phenoxy) is 1. The van der Waals surface area contributed by atoms with Gasteiger partial charge in [-0.25, -0.2) is 0 Å². The molecule has 0 aliphatic carbocycles. The number of esters is 1. The van der Waals surface area contributed by atoms with Crippen molar-refractivity contribution in [3.05, 3.63) is 90.1 Å². The van der Waals surface area contributed by atoms with Crippen LogP contribution in [0.3, 0.4) is 0 Å². The maximum atomic E-state index is 12.7. The van der Waals surface area contributed by atoms with Crippen molar-refractivity contribution in [1.82, 2.24) is 10.6 Å². The Kier molecular flexibility index (Phi) is 5.81. The van der Waals surface area contributed by atoms with Crippen LogP contribution in [0.5, 0.6) is 0 Å². The summed E-state index contributed by atoms with van der Waals surface area (Å²) in [5.41, 5.74) is 2.52. The maximum absolute atomic E-state index is 12.7. The van der Waals surface area contributed by atoms with E-state index < -0.39 is 5.92 Å². The Bertz CT molecular complexity index is 818. The van der Waals surface area contributed by atoms with Crippen molar-refractivity contribution in [2.75, 3.05) is 0 Å². The van der Waals surface area contributed by atoms with Gasteiger partial charge in [-0.1, -0.05) is 79.4 Å². The van der Waals surface area contributed by atoms with Crippen molar-refractivity contribution in [3.63, 3.8) is 0 Å². The molecule has 0 aromatic heterocycles. The number of benzene rings is 2. The first kappa shape index (κ1) is 17.9. The van der Waals surface area contributed by atoms with Crippen molar-refractivity contribution >= 4 is 29.4 Å². The van der Waals surface area contributed by atoms with E-state index in [1.165, 1.54) is 0 Å². The Hall–Kier alpha value is -2.92. The molecule has 0 radical (unpaired) electrons. The molecule has 5 heteroatoms. The average Bonchev–Trinajstić information content (AvgIpc) is 2.66. The van der Waals surface area contributed by atoms with E-state index in [-0.39, 0.29) is 18.6 Å². The largest absolute Gasteiger partial charge is 0.460 e. The minimum absolute atomic E-state index is 0.225. The van der Waals surface area contributed by atoms with Gasteiger partial charge in [0.05, 0.1) is 6.04 Å². The van der Waals surface area contributed by atoms with E-state index in [9.17, 15) is 4.79 Å². The first-order chi connectivity index (χ1) is 12.6. The van der Waals surface area contributed by atoms with Gasteiger partial charge in [0.1, 0.15) is 12.5 Å². The van der Waals surface area contributed by atoms with E-state index in [4.69, 9.17) is 17.0 Å². The molecule has 1 aliphatic rings. The molecule has 2 aromatic carbocycles. The summed E-state index contributed by atoms with van der Waals surface area (Å²) < 4.78 is 5.50. The highest BCUT2D eigenvalue weighted by Crippen LogP contribution is 2.21. The highest BCUT2D eigenvalue weighted by atomic mass is 32.1. The topological polar surface area (TPSA) is 50.4 Å². The molecule has 1 heterocycles. The first-order valence-electron chi connectivity index (χ1n) is 8.33. The van der Waals surface area contributed by atoms with Gasteiger partial charge in [0, 0.05) is 5.70 Å². The molecule has 1 fully saturated rings. The second kappa shape index (κ2) is 8.45. The van der Waals surface area contributed by atoms with Crippen LogP contribution >= 0.6 is 12.2 Å². The summed E-state index contributed by atoms with van der Waals surface area (Å²) in [6, 6.07) is 19.1. The van der Waals surface area contributed by atoms with Crippen LogP contribution < -0.4 is 10.6 Å². The summed E-state index contributed by atoms with van der Waals surface area (Å²) in [6.07, 6.45) is 3.87. The second-order valence-electron chi connectivity index (χ2n) is 5.99. The zero-order chi connectivity index (χ0) is 18.4. The lowest BCUT2D eigenvalue weighted by molar-refractivity contribution is -0.149. The van der Waals surface area contributed by atoms with Crippen LogP contribution in [-0.4, -0.2) is 17.1 Å². The van der Waals surface area contributed by atoms with Gasteiger partial charge in [-0.05, 0) is 23.3 Å². The molecule has 0 unspecified atom stereocenters. The Labute approximate surface area is 158 Å². The van der Waals surface area contributed by atoms with Crippen LogP contribution in [0.1, 0.15) is 11.1 Å². The Balaban J connectivity index is 1.72. The molecule has 4 nitrogen and oxygen atoms in total. The fourth-order valence-corrected chi connectivity index (χ4v) is 3.02. The molecule has 26 heavy (non-hydrogen) atoms. The molecule has 0 saturated carbocycles. The van der Waals surface area contributed by atoms with Crippen LogP contribution in [0.15, 0.2) is 79.0 Å². The molecule has 2 aromatic rings. The van der Waals surface area contributed by atoms with Gasteiger partial charge in [0.2, 0.25) is 0 Å². The predicted octanol–water partition coefficient (Wildman–Crippen LogP) is 3.42. The zero-order valence-electron chi connectivity index (χ0n) is 14.2. The van der Waals surface area contributed by atoms with Crippen LogP contribution in [0.25, 0.3) is 6.08 Å². The lowest BCUT2D eigenvalue weighted by Gasteiger charge is -2.32. The lowest BCUT2D eigenvalue weighted by Crippen LogP contribution is -2.54. The maximum Gasteiger partial charge on any atom is 0.317 e. The number of thiocarbonyl (C=S) groups is 1. The number of carbonyl (C=O) groups is 1. The van der Waals surface area contributed by atoms with E-state index in [0.717, 1.165) is 11.1 Å². The highest BCUT2D eigenvalue weighted by Gasteiger charge is 2.35. The molecule has 1 saturated heterocycles. The molecule has 0 spiro atoms. The molecule has 2 atom stereocenters. The van der Waals surface area contributed by atoms with E-state index >= 15 is 0 Å². The van der Waals surface area contributed by atoms with Gasteiger partial charge in [0.15, 0.2) is 5.11 Å². The van der Waals surface area contributed by atoms with Gasteiger partial charge < -0.3 is 15.4 Å². The van der Waals surface area contributed by atoms with E-state index in [0.29, 0.717) is 10.8 Å². The highest BCUT2D eigenvalue weighted by molar-refractivity contribution is 7.80. The summed E-state index contributed by atoms with van der Waals surface area (Å²) in [5.74, 6) is -0.908. The fourth-order valence-electron chi connectivity index (χ4n) is 2.76. The summed E-state index contributed by atoms with van der Waals surface area (Å²) in [6.45, 7) is 4.18. The van der Waals surface area contributed by atoms with E-state index in [1.54, 1.807) is 0 Å². The smallest absolute Gasteiger partial charge is 0.317 e. The van der Waals surface area contributed by atoms with E-state index in [2.05, 4.69) is 17.2 Å². The third kappa shape index (κ3) is 4.58. The fraction of sp³-hybridized carbons (Fsp3) is 0.143. The number of rotatable bonds is 5. The van der Waals surface area contributed by atoms with Crippen LogP contribution in [0.4, 0.5) is 0 Å². The molecule has 132 valence electrons. The molecule has 2 N–H and O–H groups in total. The molecular formula is C21H20N2O2S. The quantitative estimate of drug-likeness (QED) is 0.629. The number of nitrogens with one attached hydrogen (secondary N) is 2. The molecule has 3 rings (SSSR count). The molecule has 0 amide bonds. The summed E-state index contributed by atoms with van der Waals surface area (Å²) in [7, 11) is 0. The average molecular weight is 364 g/mol. The molecular weight excluding hydrogens is 344 g/mol. The van der Waals surface area contributed by atoms with Crippen LogP contribution in [0.2, 0.25) is 0 Å². The minimum atomic E-state index is -0.564. The number of carbonyl (C=O) groups excluding carboxylic acids is 1. The Morgan fingerprint density at radius 2 is 1.77 bits per heavy atom. The lowest BCUT2D eigenvalue weighted by atomic mass is 9.94.